The van der Waals surface area contributed by atoms with Gasteiger partial charge in [-0.25, -0.2) is 9.89 Å². The highest BCUT2D eigenvalue weighted by molar-refractivity contribution is 5.54. The Bertz CT molecular complexity index is 681. The first kappa shape index (κ1) is 11.8. The number of hydrogen-bond acceptors (Lipinski definition) is 3. The molecule has 2 rings (SSSR count). The highest BCUT2D eigenvalue weighted by Gasteiger charge is 1.95. The molecule has 0 aliphatic carbocycles. The molecule has 0 saturated carbocycles. The number of aromatic amines is 2. The lowest BCUT2D eigenvalue weighted by Crippen LogP contribution is -2.25. The molecule has 1 heterocycles. The number of aromatic nitrogens is 3. The standard InChI is InChI=1S/C13H11N3O2/c17-12-11(15-16-13(18)14-12)9-5-4-8-10-6-2-1-3-7-10/h1-9H,(H2,14,16,17,18)/b8-4+,9-5+. The number of hydrogen-bond donors (Lipinski definition) is 2. The predicted molar refractivity (Wildman–Crippen MR) is 70.0 cm³/mol. The zero-order valence-corrected chi connectivity index (χ0v) is 9.46. The lowest BCUT2D eigenvalue weighted by atomic mass is 10.2. The summed E-state index contributed by atoms with van der Waals surface area (Å²) in [5.74, 6) is 0. The quantitative estimate of drug-likeness (QED) is 0.792. The first-order chi connectivity index (χ1) is 8.75. The van der Waals surface area contributed by atoms with Crippen LogP contribution < -0.4 is 11.2 Å². The topological polar surface area (TPSA) is 78.6 Å². The maximum atomic E-state index is 11.3. The minimum absolute atomic E-state index is 0.160. The van der Waals surface area contributed by atoms with E-state index in [1.807, 2.05) is 36.4 Å². The first-order valence-electron chi connectivity index (χ1n) is 5.34. The van der Waals surface area contributed by atoms with Crippen molar-refractivity contribution in [1.82, 2.24) is 15.2 Å². The van der Waals surface area contributed by atoms with Crippen molar-refractivity contribution < 1.29 is 0 Å². The molecule has 1 aromatic heterocycles. The SMILES string of the molecule is O=c1[nH]nc(/C=C/C=C/c2ccccc2)c(=O)[nH]1. The lowest BCUT2D eigenvalue weighted by Gasteiger charge is -1.89. The van der Waals surface area contributed by atoms with Crippen LogP contribution in [0.25, 0.3) is 12.2 Å². The summed E-state index contributed by atoms with van der Waals surface area (Å²) >= 11 is 0. The van der Waals surface area contributed by atoms with Crippen LogP contribution in [0.2, 0.25) is 0 Å². The largest absolute Gasteiger partial charge is 0.342 e. The van der Waals surface area contributed by atoms with Crippen molar-refractivity contribution in [2.24, 2.45) is 0 Å². The Morgan fingerprint density at radius 3 is 2.44 bits per heavy atom. The van der Waals surface area contributed by atoms with Crippen molar-refractivity contribution >= 4 is 12.2 Å². The molecule has 0 aliphatic rings. The molecule has 2 N–H and O–H groups in total. The van der Waals surface area contributed by atoms with E-state index in [9.17, 15) is 9.59 Å². The molecular formula is C13H11N3O2. The van der Waals surface area contributed by atoms with Crippen LogP contribution in [0.3, 0.4) is 0 Å². The summed E-state index contributed by atoms with van der Waals surface area (Å²) in [5, 5.41) is 5.78. The van der Waals surface area contributed by atoms with Crippen LogP contribution in [0.4, 0.5) is 0 Å². The zero-order valence-electron chi connectivity index (χ0n) is 9.46. The van der Waals surface area contributed by atoms with Gasteiger partial charge in [-0.05, 0) is 11.6 Å². The number of allylic oxidation sites excluding steroid dienone is 2. The molecule has 0 bridgehead atoms. The molecule has 5 nitrogen and oxygen atoms in total. The molecule has 0 amide bonds. The van der Waals surface area contributed by atoms with Crippen molar-refractivity contribution in [3.05, 3.63) is 74.6 Å². The minimum atomic E-state index is -0.614. The van der Waals surface area contributed by atoms with Gasteiger partial charge in [0.2, 0.25) is 0 Å². The van der Waals surface area contributed by atoms with Gasteiger partial charge in [0.25, 0.3) is 5.56 Å². The van der Waals surface area contributed by atoms with Crippen molar-refractivity contribution in [2.45, 2.75) is 0 Å². The third kappa shape index (κ3) is 3.15. The van der Waals surface area contributed by atoms with E-state index >= 15 is 0 Å². The van der Waals surface area contributed by atoms with E-state index in [1.54, 1.807) is 12.2 Å². The van der Waals surface area contributed by atoms with Gasteiger partial charge in [0.15, 0.2) is 0 Å². The van der Waals surface area contributed by atoms with E-state index < -0.39 is 11.2 Å². The number of H-pyrrole nitrogens is 2. The summed E-state index contributed by atoms with van der Waals surface area (Å²) in [6, 6.07) is 9.76. The Balaban J connectivity index is 2.10. The van der Waals surface area contributed by atoms with Crippen LogP contribution >= 0.6 is 0 Å². The van der Waals surface area contributed by atoms with Crippen LogP contribution in [0.15, 0.2) is 52.1 Å². The molecule has 0 radical (unpaired) electrons. The van der Waals surface area contributed by atoms with Gasteiger partial charge >= 0.3 is 5.69 Å². The molecule has 18 heavy (non-hydrogen) atoms. The average molecular weight is 241 g/mol. The molecule has 0 atom stereocenters. The van der Waals surface area contributed by atoms with E-state index in [1.165, 1.54) is 6.08 Å². The van der Waals surface area contributed by atoms with Crippen LogP contribution in [0.1, 0.15) is 11.3 Å². The third-order valence-corrected chi connectivity index (χ3v) is 2.19. The third-order valence-electron chi connectivity index (χ3n) is 2.19. The van der Waals surface area contributed by atoms with Crippen molar-refractivity contribution in [3.8, 4) is 0 Å². The van der Waals surface area contributed by atoms with Crippen molar-refractivity contribution in [1.29, 1.82) is 0 Å². The van der Waals surface area contributed by atoms with Crippen LogP contribution in [0.5, 0.6) is 0 Å². The molecule has 0 unspecified atom stereocenters. The van der Waals surface area contributed by atoms with E-state index in [0.29, 0.717) is 0 Å². The van der Waals surface area contributed by atoms with Crippen molar-refractivity contribution in [2.75, 3.05) is 0 Å². The number of rotatable bonds is 3. The Kier molecular flexibility index (Phi) is 3.66. The van der Waals surface area contributed by atoms with Gasteiger partial charge in [0.1, 0.15) is 5.69 Å². The van der Waals surface area contributed by atoms with Crippen LogP contribution in [0, 0.1) is 0 Å². The molecule has 0 saturated heterocycles. The van der Waals surface area contributed by atoms with E-state index in [-0.39, 0.29) is 5.69 Å². The number of nitrogens with zero attached hydrogens (tertiary/aromatic N) is 1. The first-order valence-corrected chi connectivity index (χ1v) is 5.34. The predicted octanol–water partition coefficient (Wildman–Crippen LogP) is 1.18. The Hall–Kier alpha value is -2.69. The Morgan fingerprint density at radius 2 is 1.72 bits per heavy atom. The summed E-state index contributed by atoms with van der Waals surface area (Å²) in [4.78, 5) is 24.1. The number of benzene rings is 1. The zero-order chi connectivity index (χ0) is 12.8. The second-order valence-corrected chi connectivity index (χ2v) is 3.52. The molecule has 1 aromatic carbocycles. The second-order valence-electron chi connectivity index (χ2n) is 3.52. The normalized spacial score (nSPS) is 11.3. The van der Waals surface area contributed by atoms with E-state index in [2.05, 4.69) is 15.2 Å². The van der Waals surface area contributed by atoms with E-state index in [0.717, 1.165) is 5.56 Å². The van der Waals surface area contributed by atoms with E-state index in [4.69, 9.17) is 0 Å². The smallest absolute Gasteiger partial charge is 0.271 e. The van der Waals surface area contributed by atoms with Gasteiger partial charge in [-0.1, -0.05) is 48.6 Å². The minimum Gasteiger partial charge on any atom is -0.271 e. The molecule has 0 spiro atoms. The number of nitrogens with one attached hydrogen (secondary N) is 2. The second kappa shape index (κ2) is 5.58. The Morgan fingerprint density at radius 1 is 1.00 bits per heavy atom. The summed E-state index contributed by atoms with van der Waals surface area (Å²) in [7, 11) is 0. The molecule has 0 fully saturated rings. The van der Waals surface area contributed by atoms with Gasteiger partial charge in [-0.2, -0.15) is 5.10 Å². The monoisotopic (exact) mass is 241 g/mol. The molecular weight excluding hydrogens is 230 g/mol. The summed E-state index contributed by atoms with van der Waals surface area (Å²) in [5.41, 5.74) is 0.0953. The average Bonchev–Trinajstić information content (AvgIpc) is 2.38. The summed E-state index contributed by atoms with van der Waals surface area (Å²) in [6.07, 6.45) is 6.90. The maximum Gasteiger partial charge on any atom is 0.342 e. The summed E-state index contributed by atoms with van der Waals surface area (Å²) in [6.45, 7) is 0. The molecule has 0 aliphatic heterocycles. The molecule has 5 heteroatoms. The van der Waals surface area contributed by atoms with Gasteiger partial charge in [0, 0.05) is 0 Å². The lowest BCUT2D eigenvalue weighted by molar-refractivity contribution is 0.879. The van der Waals surface area contributed by atoms with Crippen molar-refractivity contribution in [3.63, 3.8) is 0 Å². The highest BCUT2D eigenvalue weighted by atomic mass is 16.2. The van der Waals surface area contributed by atoms with Gasteiger partial charge < -0.3 is 0 Å². The van der Waals surface area contributed by atoms with Crippen LogP contribution in [-0.4, -0.2) is 15.2 Å². The fourth-order valence-electron chi connectivity index (χ4n) is 1.35. The van der Waals surface area contributed by atoms with Gasteiger partial charge in [-0.3, -0.25) is 9.78 Å². The fraction of sp³-hybridized carbons (Fsp3) is 0. The maximum absolute atomic E-state index is 11.3. The fourth-order valence-corrected chi connectivity index (χ4v) is 1.35. The Labute approximate surface area is 103 Å². The van der Waals surface area contributed by atoms with Gasteiger partial charge in [0.05, 0.1) is 0 Å². The van der Waals surface area contributed by atoms with Gasteiger partial charge in [-0.15, -0.1) is 0 Å². The molecule has 90 valence electrons. The highest BCUT2D eigenvalue weighted by Crippen LogP contribution is 2.01. The molecule has 2 aromatic rings. The summed E-state index contributed by atoms with van der Waals surface area (Å²) < 4.78 is 0. The van der Waals surface area contributed by atoms with Crippen LogP contribution in [-0.2, 0) is 0 Å².